The quantitative estimate of drug-likeness (QED) is 0.495. The largest absolute Gasteiger partial charge is 0.0951 e. The van der Waals surface area contributed by atoms with Gasteiger partial charge in [-0.3, -0.25) is 0 Å². The van der Waals surface area contributed by atoms with Gasteiger partial charge in [0.25, 0.3) is 0 Å². The summed E-state index contributed by atoms with van der Waals surface area (Å²) in [4.78, 5) is 0. The van der Waals surface area contributed by atoms with Gasteiger partial charge >= 0.3 is 0 Å². The minimum atomic E-state index is 0.216. The Kier molecular flexibility index (Phi) is 5.15. The van der Waals surface area contributed by atoms with E-state index >= 15 is 0 Å². The van der Waals surface area contributed by atoms with Crippen molar-refractivity contribution in [2.24, 2.45) is 0 Å². The molecule has 14 heavy (non-hydrogen) atoms. The Balaban J connectivity index is 3.34. The summed E-state index contributed by atoms with van der Waals surface area (Å²) in [6.45, 7) is 4.27. The van der Waals surface area contributed by atoms with Gasteiger partial charge in [0.05, 0.1) is 7.47 Å². The van der Waals surface area contributed by atoms with Crippen LogP contribution in [0, 0.1) is 13.8 Å². The van der Waals surface area contributed by atoms with E-state index in [2.05, 4.69) is 89.7 Å². The van der Waals surface area contributed by atoms with Crippen LogP contribution in [0.25, 0.3) is 0 Å². The van der Waals surface area contributed by atoms with Gasteiger partial charge in [-0.05, 0) is 36.1 Å². The summed E-state index contributed by atoms with van der Waals surface area (Å²) in [6, 6.07) is 4.29. The van der Waals surface area contributed by atoms with Crippen molar-refractivity contribution in [2.75, 3.05) is 0 Å². The predicted molar refractivity (Wildman–Crippen MR) is 77.1 cm³/mol. The average molecular weight is 450 g/mol. The standard InChI is InChI=1S/C10H10Br4/c1-5-3-4-7(9(11)12)6(2)8(5)10(13)14/h3-4,9-10H,1-2H3. The molecule has 0 nitrogen and oxygen atoms in total. The third-order valence-electron chi connectivity index (χ3n) is 2.23. The van der Waals surface area contributed by atoms with Crippen molar-refractivity contribution < 1.29 is 0 Å². The number of halogens is 4. The molecule has 0 aliphatic carbocycles. The predicted octanol–water partition coefficient (Wildman–Crippen LogP) is 5.88. The first kappa shape index (κ1) is 13.2. The summed E-state index contributed by atoms with van der Waals surface area (Å²) in [7, 11) is 0. The second-order valence-corrected chi connectivity index (χ2v) is 9.23. The van der Waals surface area contributed by atoms with Gasteiger partial charge in [0.15, 0.2) is 0 Å². The molecule has 0 radical (unpaired) electrons. The van der Waals surface area contributed by atoms with Crippen LogP contribution in [-0.4, -0.2) is 0 Å². The second kappa shape index (κ2) is 5.46. The van der Waals surface area contributed by atoms with E-state index in [1.54, 1.807) is 0 Å². The Morgan fingerprint density at radius 3 is 1.93 bits per heavy atom. The second-order valence-electron chi connectivity index (χ2n) is 3.11. The highest BCUT2D eigenvalue weighted by Gasteiger charge is 2.15. The van der Waals surface area contributed by atoms with Crippen molar-refractivity contribution in [3.8, 4) is 0 Å². The first-order chi connectivity index (χ1) is 6.45. The Bertz CT molecular complexity index is 331. The molecule has 0 saturated heterocycles. The van der Waals surface area contributed by atoms with Crippen molar-refractivity contribution in [3.05, 3.63) is 34.4 Å². The lowest BCUT2D eigenvalue weighted by Crippen LogP contribution is -1.97. The molecule has 0 N–H and O–H groups in total. The highest BCUT2D eigenvalue weighted by atomic mass is 79.9. The average Bonchev–Trinajstić information content (AvgIpc) is 2.02. The summed E-state index contributed by atoms with van der Waals surface area (Å²) >= 11 is 14.2. The molecule has 4 heteroatoms. The number of rotatable bonds is 2. The molecule has 0 spiro atoms. The van der Waals surface area contributed by atoms with Crippen LogP contribution in [0.15, 0.2) is 12.1 Å². The molecule has 0 heterocycles. The van der Waals surface area contributed by atoms with Crippen LogP contribution < -0.4 is 0 Å². The zero-order chi connectivity index (χ0) is 10.9. The van der Waals surface area contributed by atoms with E-state index in [-0.39, 0.29) is 7.47 Å². The first-order valence-corrected chi connectivity index (χ1v) is 7.77. The maximum absolute atomic E-state index is 3.55. The summed E-state index contributed by atoms with van der Waals surface area (Å²) in [5.41, 5.74) is 5.19. The van der Waals surface area contributed by atoms with Crippen LogP contribution >= 0.6 is 63.7 Å². The maximum atomic E-state index is 3.55. The molecular formula is C10H10Br4. The van der Waals surface area contributed by atoms with Gasteiger partial charge in [-0.1, -0.05) is 75.9 Å². The normalized spacial score (nSPS) is 11.4. The van der Waals surface area contributed by atoms with E-state index in [0.29, 0.717) is 0 Å². The molecular weight excluding hydrogens is 440 g/mol. The SMILES string of the molecule is Cc1ccc(C(Br)Br)c(C)c1C(Br)Br. The van der Waals surface area contributed by atoms with Crippen molar-refractivity contribution in [1.29, 1.82) is 0 Å². The Labute approximate surface area is 118 Å². The Morgan fingerprint density at radius 1 is 0.929 bits per heavy atom. The van der Waals surface area contributed by atoms with E-state index in [4.69, 9.17) is 0 Å². The third-order valence-corrected chi connectivity index (χ3v) is 4.13. The van der Waals surface area contributed by atoms with Crippen LogP contribution in [-0.2, 0) is 0 Å². The molecule has 0 aliphatic rings. The minimum Gasteiger partial charge on any atom is -0.0712 e. The van der Waals surface area contributed by atoms with Gasteiger partial charge in [0.2, 0.25) is 0 Å². The van der Waals surface area contributed by atoms with Crippen molar-refractivity contribution in [2.45, 2.75) is 21.3 Å². The highest BCUT2D eigenvalue weighted by Crippen LogP contribution is 2.39. The third kappa shape index (κ3) is 2.83. The number of alkyl halides is 4. The van der Waals surface area contributed by atoms with Gasteiger partial charge < -0.3 is 0 Å². The maximum Gasteiger partial charge on any atom is 0.0951 e. The summed E-state index contributed by atoms with van der Waals surface area (Å²) in [6.07, 6.45) is 0. The van der Waals surface area contributed by atoms with Gasteiger partial charge in [-0.2, -0.15) is 0 Å². The summed E-state index contributed by atoms with van der Waals surface area (Å²) in [5.74, 6) is 0. The monoisotopic (exact) mass is 446 g/mol. The van der Waals surface area contributed by atoms with Crippen LogP contribution in [0.5, 0.6) is 0 Å². The van der Waals surface area contributed by atoms with Crippen LogP contribution in [0.3, 0.4) is 0 Å². The molecule has 0 unspecified atom stereocenters. The molecule has 0 atom stereocenters. The Hall–Kier alpha value is 1.14. The van der Waals surface area contributed by atoms with Crippen LogP contribution in [0.2, 0.25) is 0 Å². The molecule has 0 amide bonds. The molecule has 0 aromatic heterocycles. The molecule has 0 saturated carbocycles. The lowest BCUT2D eigenvalue weighted by Gasteiger charge is -2.16. The fourth-order valence-corrected chi connectivity index (χ4v) is 3.85. The number of hydrogen-bond donors (Lipinski definition) is 0. The van der Waals surface area contributed by atoms with Gasteiger partial charge in [0.1, 0.15) is 0 Å². The summed E-state index contributed by atoms with van der Waals surface area (Å²) < 4.78 is 0.432. The molecule has 1 rings (SSSR count). The van der Waals surface area contributed by atoms with Crippen LogP contribution in [0.4, 0.5) is 0 Å². The fraction of sp³-hybridized carbons (Fsp3) is 0.400. The van der Waals surface area contributed by atoms with Crippen LogP contribution in [0.1, 0.15) is 29.7 Å². The first-order valence-electron chi connectivity index (χ1n) is 4.11. The van der Waals surface area contributed by atoms with Gasteiger partial charge in [0, 0.05) is 0 Å². The molecule has 1 aromatic carbocycles. The van der Waals surface area contributed by atoms with E-state index in [1.165, 1.54) is 22.3 Å². The zero-order valence-electron chi connectivity index (χ0n) is 7.82. The van der Waals surface area contributed by atoms with Gasteiger partial charge in [-0.25, -0.2) is 0 Å². The number of aryl methyl sites for hydroxylation is 1. The lowest BCUT2D eigenvalue weighted by atomic mass is 10.00. The Morgan fingerprint density at radius 2 is 1.50 bits per heavy atom. The highest BCUT2D eigenvalue weighted by molar-refractivity contribution is 9.24. The number of benzene rings is 1. The summed E-state index contributed by atoms with van der Waals surface area (Å²) in [5, 5.41) is 0. The van der Waals surface area contributed by atoms with E-state index in [0.717, 1.165) is 0 Å². The van der Waals surface area contributed by atoms with Crippen molar-refractivity contribution in [1.82, 2.24) is 0 Å². The van der Waals surface area contributed by atoms with Crippen molar-refractivity contribution >= 4 is 63.7 Å². The van der Waals surface area contributed by atoms with E-state index in [9.17, 15) is 0 Å². The zero-order valence-corrected chi connectivity index (χ0v) is 14.2. The topological polar surface area (TPSA) is 0 Å². The smallest absolute Gasteiger partial charge is 0.0712 e. The fourth-order valence-electron chi connectivity index (χ4n) is 1.45. The van der Waals surface area contributed by atoms with Crippen molar-refractivity contribution in [3.63, 3.8) is 0 Å². The molecule has 0 bridgehead atoms. The lowest BCUT2D eigenvalue weighted by molar-refractivity contribution is 1.19. The molecule has 1 aromatic rings. The molecule has 78 valence electrons. The van der Waals surface area contributed by atoms with Gasteiger partial charge in [-0.15, -0.1) is 0 Å². The van der Waals surface area contributed by atoms with E-state index in [1.807, 2.05) is 0 Å². The minimum absolute atomic E-state index is 0.216. The molecule has 0 fully saturated rings. The number of hydrogen-bond acceptors (Lipinski definition) is 0. The van der Waals surface area contributed by atoms with E-state index < -0.39 is 0 Å². The molecule has 0 aliphatic heterocycles.